The van der Waals surface area contributed by atoms with Crippen LogP contribution in [0.5, 0.6) is 0 Å². The summed E-state index contributed by atoms with van der Waals surface area (Å²) in [6.07, 6.45) is 1.04. The molecule has 1 aromatic carbocycles. The fraction of sp³-hybridized carbons (Fsp3) is 0.250. The summed E-state index contributed by atoms with van der Waals surface area (Å²) in [7, 11) is 0. The summed E-state index contributed by atoms with van der Waals surface area (Å²) in [6, 6.07) is 6.11. The van der Waals surface area contributed by atoms with E-state index in [1.54, 1.807) is 0 Å². The SMILES string of the molecule is CCc1cc(Br)ccc1S. The van der Waals surface area contributed by atoms with Crippen molar-refractivity contribution in [3.8, 4) is 0 Å². The molecule has 0 bridgehead atoms. The molecule has 0 atom stereocenters. The van der Waals surface area contributed by atoms with E-state index >= 15 is 0 Å². The highest BCUT2D eigenvalue weighted by Gasteiger charge is 1.95. The molecule has 0 aliphatic carbocycles. The maximum absolute atomic E-state index is 4.30. The number of thiol groups is 1. The highest BCUT2D eigenvalue weighted by atomic mass is 79.9. The molecule has 0 fully saturated rings. The van der Waals surface area contributed by atoms with Crippen molar-refractivity contribution in [1.82, 2.24) is 0 Å². The minimum Gasteiger partial charge on any atom is -0.143 e. The van der Waals surface area contributed by atoms with Crippen molar-refractivity contribution >= 4 is 28.6 Å². The van der Waals surface area contributed by atoms with Crippen LogP contribution in [-0.4, -0.2) is 0 Å². The Balaban J connectivity index is 3.09. The molecule has 0 amide bonds. The highest BCUT2D eigenvalue weighted by Crippen LogP contribution is 2.19. The van der Waals surface area contributed by atoms with Gasteiger partial charge in [0.25, 0.3) is 0 Å². The monoisotopic (exact) mass is 216 g/mol. The smallest absolute Gasteiger partial charge is 0.0178 e. The standard InChI is InChI=1S/C8H9BrS/c1-2-6-5-7(9)3-4-8(6)10/h3-5,10H,2H2,1H3. The predicted octanol–water partition coefficient (Wildman–Crippen LogP) is 3.30. The zero-order valence-corrected chi connectivity index (χ0v) is 8.24. The number of rotatable bonds is 1. The Morgan fingerprint density at radius 2 is 2.20 bits per heavy atom. The molecule has 0 unspecified atom stereocenters. The van der Waals surface area contributed by atoms with Gasteiger partial charge < -0.3 is 0 Å². The van der Waals surface area contributed by atoms with Crippen molar-refractivity contribution in [2.75, 3.05) is 0 Å². The molecule has 0 radical (unpaired) electrons. The molecule has 10 heavy (non-hydrogen) atoms. The third-order valence-corrected chi connectivity index (χ3v) is 2.35. The van der Waals surface area contributed by atoms with E-state index in [0.717, 1.165) is 15.8 Å². The lowest BCUT2D eigenvalue weighted by Gasteiger charge is -2.00. The van der Waals surface area contributed by atoms with Gasteiger partial charge in [-0.25, -0.2) is 0 Å². The van der Waals surface area contributed by atoms with Gasteiger partial charge in [-0.2, -0.15) is 0 Å². The topological polar surface area (TPSA) is 0 Å². The van der Waals surface area contributed by atoms with Crippen molar-refractivity contribution in [2.45, 2.75) is 18.2 Å². The van der Waals surface area contributed by atoms with Gasteiger partial charge in [0.15, 0.2) is 0 Å². The van der Waals surface area contributed by atoms with Crippen LogP contribution < -0.4 is 0 Å². The molecule has 0 aromatic heterocycles. The van der Waals surface area contributed by atoms with Crippen molar-refractivity contribution in [2.24, 2.45) is 0 Å². The van der Waals surface area contributed by atoms with E-state index in [4.69, 9.17) is 0 Å². The predicted molar refractivity (Wildman–Crippen MR) is 50.8 cm³/mol. The first-order valence-corrected chi connectivity index (χ1v) is 4.45. The van der Waals surface area contributed by atoms with Gasteiger partial charge in [-0.3, -0.25) is 0 Å². The molecule has 1 rings (SSSR count). The van der Waals surface area contributed by atoms with Gasteiger partial charge >= 0.3 is 0 Å². The Kier molecular flexibility index (Phi) is 2.81. The molecule has 0 N–H and O–H groups in total. The summed E-state index contributed by atoms with van der Waals surface area (Å²) in [4.78, 5) is 1.07. The van der Waals surface area contributed by atoms with Crippen LogP contribution >= 0.6 is 28.6 Å². The average Bonchev–Trinajstić information content (AvgIpc) is 1.94. The van der Waals surface area contributed by atoms with Gasteiger partial charge in [0.1, 0.15) is 0 Å². The Bertz CT molecular complexity index is 233. The van der Waals surface area contributed by atoms with Crippen LogP contribution in [0.25, 0.3) is 0 Å². The quantitative estimate of drug-likeness (QED) is 0.685. The number of hydrogen-bond donors (Lipinski definition) is 1. The first-order valence-electron chi connectivity index (χ1n) is 3.21. The fourth-order valence-electron chi connectivity index (χ4n) is 0.837. The Hall–Kier alpha value is 0.0500. The second-order valence-corrected chi connectivity index (χ2v) is 3.52. The number of halogens is 1. The molecule has 1 aromatic rings. The van der Waals surface area contributed by atoms with Gasteiger partial charge in [0.2, 0.25) is 0 Å². The maximum Gasteiger partial charge on any atom is 0.0178 e. The largest absolute Gasteiger partial charge is 0.143 e. The van der Waals surface area contributed by atoms with Crippen molar-refractivity contribution in [3.63, 3.8) is 0 Å². The zero-order chi connectivity index (χ0) is 7.56. The zero-order valence-electron chi connectivity index (χ0n) is 5.76. The second-order valence-electron chi connectivity index (χ2n) is 2.13. The van der Waals surface area contributed by atoms with E-state index in [1.165, 1.54) is 5.56 Å². The van der Waals surface area contributed by atoms with Crippen molar-refractivity contribution < 1.29 is 0 Å². The molecule has 0 spiro atoms. The Labute approximate surface area is 75.2 Å². The summed E-state index contributed by atoms with van der Waals surface area (Å²) in [5, 5.41) is 0. The molecule has 0 aliphatic rings. The lowest BCUT2D eigenvalue weighted by molar-refractivity contribution is 1.08. The third kappa shape index (κ3) is 1.77. The third-order valence-electron chi connectivity index (χ3n) is 1.42. The van der Waals surface area contributed by atoms with Gasteiger partial charge in [-0.1, -0.05) is 22.9 Å². The van der Waals surface area contributed by atoms with Crippen LogP contribution in [0.2, 0.25) is 0 Å². The minimum atomic E-state index is 1.04. The minimum absolute atomic E-state index is 1.04. The highest BCUT2D eigenvalue weighted by molar-refractivity contribution is 9.10. The molecule has 0 heterocycles. The molecule has 0 nitrogen and oxygen atoms in total. The van der Waals surface area contributed by atoms with Crippen LogP contribution in [0.4, 0.5) is 0 Å². The second kappa shape index (κ2) is 3.44. The molecule has 2 heteroatoms. The van der Waals surface area contributed by atoms with Crippen LogP contribution in [0.1, 0.15) is 12.5 Å². The molecular weight excluding hydrogens is 208 g/mol. The van der Waals surface area contributed by atoms with E-state index in [2.05, 4.69) is 41.5 Å². The average molecular weight is 217 g/mol. The molecular formula is C8H9BrS. The summed E-state index contributed by atoms with van der Waals surface area (Å²) < 4.78 is 1.13. The van der Waals surface area contributed by atoms with Gasteiger partial charge in [-0.15, -0.1) is 12.6 Å². The van der Waals surface area contributed by atoms with Crippen molar-refractivity contribution in [3.05, 3.63) is 28.2 Å². The summed E-state index contributed by atoms with van der Waals surface area (Å²) in [5.41, 5.74) is 1.29. The van der Waals surface area contributed by atoms with Gasteiger partial charge in [-0.05, 0) is 30.2 Å². The van der Waals surface area contributed by atoms with Gasteiger partial charge in [0, 0.05) is 9.37 Å². The van der Waals surface area contributed by atoms with Crippen LogP contribution in [0.3, 0.4) is 0 Å². The van der Waals surface area contributed by atoms with E-state index in [-0.39, 0.29) is 0 Å². The van der Waals surface area contributed by atoms with E-state index in [0.29, 0.717) is 0 Å². The molecule has 0 saturated heterocycles. The maximum atomic E-state index is 4.30. The summed E-state index contributed by atoms with van der Waals surface area (Å²) >= 11 is 7.71. The van der Waals surface area contributed by atoms with Crippen LogP contribution in [-0.2, 0) is 6.42 Å². The Morgan fingerprint density at radius 3 is 2.70 bits per heavy atom. The number of hydrogen-bond acceptors (Lipinski definition) is 1. The van der Waals surface area contributed by atoms with Gasteiger partial charge in [0.05, 0.1) is 0 Å². The molecule has 54 valence electrons. The van der Waals surface area contributed by atoms with Crippen LogP contribution in [0.15, 0.2) is 27.6 Å². The molecule has 0 aliphatic heterocycles. The summed E-state index contributed by atoms with van der Waals surface area (Å²) in [5.74, 6) is 0. The summed E-state index contributed by atoms with van der Waals surface area (Å²) in [6.45, 7) is 2.13. The lowest BCUT2D eigenvalue weighted by atomic mass is 10.2. The van der Waals surface area contributed by atoms with E-state index in [9.17, 15) is 0 Å². The molecule has 0 saturated carbocycles. The van der Waals surface area contributed by atoms with E-state index < -0.39 is 0 Å². The Morgan fingerprint density at radius 1 is 1.50 bits per heavy atom. The fourth-order valence-corrected chi connectivity index (χ4v) is 1.54. The normalized spacial score (nSPS) is 9.90. The van der Waals surface area contributed by atoms with Crippen molar-refractivity contribution in [1.29, 1.82) is 0 Å². The number of benzene rings is 1. The first-order chi connectivity index (χ1) is 4.74. The number of aryl methyl sites for hydroxylation is 1. The van der Waals surface area contributed by atoms with E-state index in [1.807, 2.05) is 12.1 Å². The van der Waals surface area contributed by atoms with Crippen LogP contribution in [0, 0.1) is 0 Å². The lowest BCUT2D eigenvalue weighted by Crippen LogP contribution is -1.81. The first kappa shape index (κ1) is 8.15.